The van der Waals surface area contributed by atoms with E-state index in [1.807, 2.05) is 37.3 Å². The van der Waals surface area contributed by atoms with Crippen molar-refractivity contribution < 1.29 is 14.3 Å². The molecule has 0 bridgehead atoms. The maximum absolute atomic E-state index is 12.2. The highest BCUT2D eigenvalue weighted by Crippen LogP contribution is 2.20. The number of carbonyl (C=O) groups excluding carboxylic acids is 1. The van der Waals surface area contributed by atoms with Gasteiger partial charge in [-0.15, -0.1) is 0 Å². The lowest BCUT2D eigenvalue weighted by Gasteiger charge is -2.12. The van der Waals surface area contributed by atoms with Crippen LogP contribution >= 0.6 is 0 Å². The molecule has 1 aliphatic rings. The summed E-state index contributed by atoms with van der Waals surface area (Å²) in [5.74, 6) is 0.536. The molecule has 1 amide bonds. The van der Waals surface area contributed by atoms with Crippen molar-refractivity contribution >= 4 is 11.6 Å². The van der Waals surface area contributed by atoms with Crippen molar-refractivity contribution in [3.63, 3.8) is 0 Å². The van der Waals surface area contributed by atoms with Gasteiger partial charge in [-0.2, -0.15) is 0 Å². The molecule has 23 heavy (non-hydrogen) atoms. The van der Waals surface area contributed by atoms with E-state index in [0.717, 1.165) is 30.9 Å². The number of rotatable bonds is 5. The molecule has 1 saturated heterocycles. The molecule has 120 valence electrons. The second-order valence-electron chi connectivity index (χ2n) is 5.62. The lowest BCUT2D eigenvalue weighted by atomic mass is 10.2. The van der Waals surface area contributed by atoms with Crippen molar-refractivity contribution in [3.8, 4) is 5.75 Å². The lowest BCUT2D eigenvalue weighted by Crippen LogP contribution is -2.16. The van der Waals surface area contributed by atoms with Crippen molar-refractivity contribution in [1.29, 1.82) is 0 Å². The Kier molecular flexibility index (Phi) is 4.88. The van der Waals surface area contributed by atoms with E-state index in [9.17, 15) is 4.79 Å². The minimum Gasteiger partial charge on any atom is -0.491 e. The van der Waals surface area contributed by atoms with Gasteiger partial charge in [0, 0.05) is 30.3 Å². The van der Waals surface area contributed by atoms with E-state index in [0.29, 0.717) is 17.9 Å². The number of hydrogen-bond acceptors (Lipinski definition) is 4. The third-order valence-corrected chi connectivity index (χ3v) is 3.73. The monoisotopic (exact) mass is 312 g/mol. The van der Waals surface area contributed by atoms with Gasteiger partial charge in [-0.05, 0) is 44.0 Å². The van der Waals surface area contributed by atoms with Crippen LogP contribution in [0, 0.1) is 6.92 Å². The van der Waals surface area contributed by atoms with Crippen LogP contribution in [0.5, 0.6) is 5.75 Å². The Morgan fingerprint density at radius 3 is 3.04 bits per heavy atom. The predicted molar refractivity (Wildman–Crippen MR) is 87.8 cm³/mol. The Bertz CT molecular complexity index is 664. The van der Waals surface area contributed by atoms with Gasteiger partial charge in [0.05, 0.1) is 11.7 Å². The number of carbonyl (C=O) groups is 1. The molecule has 2 aromatic rings. The van der Waals surface area contributed by atoms with Crippen molar-refractivity contribution in [2.45, 2.75) is 25.9 Å². The molecule has 1 fully saturated rings. The molecule has 0 saturated carbocycles. The minimum atomic E-state index is -0.186. The molecule has 0 radical (unpaired) electrons. The SMILES string of the molecule is Cc1ccc(C(=O)Nc2cccc(OCC3CCCO3)c2)cn1. The van der Waals surface area contributed by atoms with Crippen LogP contribution in [0.2, 0.25) is 0 Å². The molecule has 1 aliphatic heterocycles. The van der Waals surface area contributed by atoms with E-state index in [4.69, 9.17) is 9.47 Å². The summed E-state index contributed by atoms with van der Waals surface area (Å²) in [6.45, 7) is 3.24. The fourth-order valence-electron chi connectivity index (χ4n) is 2.43. The average Bonchev–Trinajstić information content (AvgIpc) is 3.07. The normalized spacial score (nSPS) is 17.0. The molecule has 5 nitrogen and oxygen atoms in total. The smallest absolute Gasteiger partial charge is 0.257 e. The number of benzene rings is 1. The first-order chi connectivity index (χ1) is 11.2. The maximum Gasteiger partial charge on any atom is 0.257 e. The molecular formula is C18H20N2O3. The van der Waals surface area contributed by atoms with E-state index < -0.39 is 0 Å². The number of nitrogens with one attached hydrogen (secondary N) is 1. The van der Waals surface area contributed by atoms with Gasteiger partial charge in [0.2, 0.25) is 0 Å². The summed E-state index contributed by atoms with van der Waals surface area (Å²) in [6, 6.07) is 10.9. The van der Waals surface area contributed by atoms with Crippen molar-refractivity contribution in [3.05, 3.63) is 53.9 Å². The zero-order chi connectivity index (χ0) is 16.1. The topological polar surface area (TPSA) is 60.5 Å². The summed E-state index contributed by atoms with van der Waals surface area (Å²) in [7, 11) is 0. The first kappa shape index (κ1) is 15.5. The highest BCUT2D eigenvalue weighted by atomic mass is 16.5. The first-order valence-electron chi connectivity index (χ1n) is 7.79. The van der Waals surface area contributed by atoms with Gasteiger partial charge in [-0.3, -0.25) is 9.78 Å². The summed E-state index contributed by atoms with van der Waals surface area (Å²) < 4.78 is 11.3. The highest BCUT2D eigenvalue weighted by Gasteiger charge is 2.16. The molecule has 1 atom stereocenters. The largest absolute Gasteiger partial charge is 0.491 e. The van der Waals surface area contributed by atoms with Crippen molar-refractivity contribution in [2.24, 2.45) is 0 Å². The number of aromatic nitrogens is 1. The fourth-order valence-corrected chi connectivity index (χ4v) is 2.43. The average molecular weight is 312 g/mol. The van der Waals surface area contributed by atoms with Crippen LogP contribution in [0.3, 0.4) is 0 Å². The Balaban J connectivity index is 1.60. The number of ether oxygens (including phenoxy) is 2. The Hall–Kier alpha value is -2.40. The zero-order valence-corrected chi connectivity index (χ0v) is 13.1. The lowest BCUT2D eigenvalue weighted by molar-refractivity contribution is 0.0680. The molecule has 5 heteroatoms. The van der Waals surface area contributed by atoms with Gasteiger partial charge in [0.1, 0.15) is 12.4 Å². The molecule has 1 N–H and O–H groups in total. The molecule has 0 spiro atoms. The van der Waals surface area contributed by atoms with Gasteiger partial charge in [0.15, 0.2) is 0 Å². The number of amides is 1. The first-order valence-corrected chi connectivity index (χ1v) is 7.79. The third kappa shape index (κ3) is 4.29. The van der Waals surface area contributed by atoms with Crippen LogP contribution in [-0.2, 0) is 4.74 Å². The third-order valence-electron chi connectivity index (χ3n) is 3.73. The number of nitrogens with zero attached hydrogens (tertiary/aromatic N) is 1. The van der Waals surface area contributed by atoms with E-state index in [1.54, 1.807) is 12.3 Å². The van der Waals surface area contributed by atoms with Crippen LogP contribution in [0.4, 0.5) is 5.69 Å². The predicted octanol–water partition coefficient (Wildman–Crippen LogP) is 3.20. The minimum absolute atomic E-state index is 0.173. The van der Waals surface area contributed by atoms with E-state index in [-0.39, 0.29) is 12.0 Å². The standard InChI is InChI=1S/C18H20N2O3/c1-13-7-8-14(11-19-13)18(21)20-15-4-2-5-16(10-15)23-12-17-6-3-9-22-17/h2,4-5,7-8,10-11,17H,3,6,9,12H2,1H3,(H,20,21). The number of aryl methyl sites for hydroxylation is 1. The second kappa shape index (κ2) is 7.24. The molecule has 3 rings (SSSR count). The maximum atomic E-state index is 12.2. The van der Waals surface area contributed by atoms with Crippen LogP contribution in [0.15, 0.2) is 42.6 Å². The number of anilines is 1. The second-order valence-corrected chi connectivity index (χ2v) is 5.62. The number of hydrogen-bond donors (Lipinski definition) is 1. The quantitative estimate of drug-likeness (QED) is 0.921. The summed E-state index contributed by atoms with van der Waals surface area (Å²) in [5, 5.41) is 2.86. The van der Waals surface area contributed by atoms with Gasteiger partial charge in [-0.1, -0.05) is 6.07 Å². The van der Waals surface area contributed by atoms with Gasteiger partial charge < -0.3 is 14.8 Å². The summed E-state index contributed by atoms with van der Waals surface area (Å²) in [4.78, 5) is 16.3. The molecule has 1 unspecified atom stereocenters. The van der Waals surface area contributed by atoms with E-state index >= 15 is 0 Å². The van der Waals surface area contributed by atoms with Gasteiger partial charge >= 0.3 is 0 Å². The highest BCUT2D eigenvalue weighted by molar-refractivity contribution is 6.04. The molecule has 0 aliphatic carbocycles. The fraction of sp³-hybridized carbons (Fsp3) is 0.333. The van der Waals surface area contributed by atoms with Crippen LogP contribution < -0.4 is 10.1 Å². The van der Waals surface area contributed by atoms with Crippen molar-refractivity contribution in [2.75, 3.05) is 18.5 Å². The van der Waals surface area contributed by atoms with Crippen LogP contribution in [0.25, 0.3) is 0 Å². The molecule has 1 aromatic carbocycles. The van der Waals surface area contributed by atoms with Gasteiger partial charge in [0.25, 0.3) is 5.91 Å². The number of pyridine rings is 1. The van der Waals surface area contributed by atoms with Crippen molar-refractivity contribution in [1.82, 2.24) is 4.98 Å². The molecule has 1 aromatic heterocycles. The Morgan fingerprint density at radius 2 is 2.30 bits per heavy atom. The molecule has 2 heterocycles. The summed E-state index contributed by atoms with van der Waals surface area (Å²) in [6.07, 6.45) is 3.88. The Morgan fingerprint density at radius 1 is 1.39 bits per heavy atom. The van der Waals surface area contributed by atoms with Crippen LogP contribution in [0.1, 0.15) is 28.9 Å². The van der Waals surface area contributed by atoms with Crippen LogP contribution in [-0.4, -0.2) is 30.2 Å². The molecular weight excluding hydrogens is 292 g/mol. The summed E-state index contributed by atoms with van der Waals surface area (Å²) in [5.41, 5.74) is 2.10. The summed E-state index contributed by atoms with van der Waals surface area (Å²) >= 11 is 0. The van der Waals surface area contributed by atoms with E-state index in [2.05, 4.69) is 10.3 Å². The van der Waals surface area contributed by atoms with Gasteiger partial charge in [-0.25, -0.2) is 0 Å². The Labute approximate surface area is 135 Å². The zero-order valence-electron chi connectivity index (χ0n) is 13.1. The van der Waals surface area contributed by atoms with E-state index in [1.165, 1.54) is 0 Å².